The van der Waals surface area contributed by atoms with E-state index in [0.29, 0.717) is 15.7 Å². The maximum Gasteiger partial charge on any atom is 0.284 e. The van der Waals surface area contributed by atoms with E-state index in [0.717, 1.165) is 11.3 Å². The molecule has 0 aliphatic carbocycles. The van der Waals surface area contributed by atoms with E-state index in [2.05, 4.69) is 10.3 Å². The first kappa shape index (κ1) is 22.9. The van der Waals surface area contributed by atoms with Gasteiger partial charge in [0.2, 0.25) is 10.0 Å². The Bertz CT molecular complexity index is 1220. The van der Waals surface area contributed by atoms with Gasteiger partial charge in [0.25, 0.3) is 11.6 Å². The molecule has 0 saturated carbocycles. The molecule has 0 saturated heterocycles. The molecule has 0 radical (unpaired) electrons. The molecule has 3 aromatic rings. The number of carbonyl (C=O) groups is 1. The van der Waals surface area contributed by atoms with Crippen LogP contribution >= 0.6 is 23.1 Å². The van der Waals surface area contributed by atoms with E-state index in [-0.39, 0.29) is 22.7 Å². The number of hydrogen-bond donors (Lipinski definition) is 2. The lowest BCUT2D eigenvalue weighted by atomic mass is 10.1. The Hall–Kier alpha value is -2.80. The van der Waals surface area contributed by atoms with Crippen molar-refractivity contribution in [2.45, 2.75) is 27.5 Å². The van der Waals surface area contributed by atoms with Gasteiger partial charge in [-0.2, -0.15) is 0 Å². The van der Waals surface area contributed by atoms with Gasteiger partial charge in [0, 0.05) is 29.2 Å². The highest BCUT2D eigenvalue weighted by atomic mass is 32.2. The topological polar surface area (TPSA) is 145 Å². The van der Waals surface area contributed by atoms with Gasteiger partial charge in [-0.05, 0) is 43.2 Å². The molecule has 0 fully saturated rings. The molecule has 2 aromatic carbocycles. The Kier molecular flexibility index (Phi) is 7.05. The van der Waals surface area contributed by atoms with Gasteiger partial charge in [0.15, 0.2) is 4.34 Å². The van der Waals surface area contributed by atoms with Crippen molar-refractivity contribution in [1.29, 1.82) is 0 Å². The fourth-order valence-corrected chi connectivity index (χ4v) is 5.02. The maximum absolute atomic E-state index is 12.4. The van der Waals surface area contributed by atoms with Gasteiger partial charge in [-0.3, -0.25) is 14.9 Å². The summed E-state index contributed by atoms with van der Waals surface area (Å²) in [6.07, 6.45) is 0.454. The third-order valence-corrected chi connectivity index (χ3v) is 7.21. The summed E-state index contributed by atoms with van der Waals surface area (Å²) >= 11 is 2.58. The lowest BCUT2D eigenvalue weighted by molar-refractivity contribution is -0.387. The number of nitrogens with zero attached hydrogens (tertiary/aromatic N) is 2. The molecule has 0 aliphatic heterocycles. The Balaban J connectivity index is 1.64. The first-order valence-corrected chi connectivity index (χ1v) is 12.2. The second-order valence-corrected chi connectivity index (χ2v) is 10.2. The SMILES string of the molecule is Cc1csc(Sc2ccc(C(=O)NCCc3ccc(S(N)(=O)=O)cc3)cc2[N+](=O)[O-])n1. The second-order valence-electron chi connectivity index (χ2n) is 6.49. The number of nitrogens with two attached hydrogens (primary N) is 1. The minimum absolute atomic E-state index is 0.0125. The van der Waals surface area contributed by atoms with Crippen LogP contribution in [0.5, 0.6) is 0 Å². The van der Waals surface area contributed by atoms with Gasteiger partial charge < -0.3 is 5.32 Å². The van der Waals surface area contributed by atoms with Crippen molar-refractivity contribution >= 4 is 44.7 Å². The first-order chi connectivity index (χ1) is 14.6. The number of amides is 1. The van der Waals surface area contributed by atoms with E-state index >= 15 is 0 Å². The third-order valence-electron chi connectivity index (χ3n) is 4.16. The Morgan fingerprint density at radius 3 is 2.55 bits per heavy atom. The van der Waals surface area contributed by atoms with Gasteiger partial charge in [-0.1, -0.05) is 23.9 Å². The minimum Gasteiger partial charge on any atom is -0.352 e. The number of aryl methyl sites for hydroxylation is 1. The summed E-state index contributed by atoms with van der Waals surface area (Å²) < 4.78 is 23.2. The average molecular weight is 479 g/mol. The van der Waals surface area contributed by atoms with Gasteiger partial charge in [0.05, 0.1) is 14.7 Å². The predicted octanol–water partition coefficient (Wildman–Crippen LogP) is 3.13. The number of aromatic nitrogens is 1. The standard InChI is InChI=1S/C19H18N4O5S3/c1-12-11-29-19(22-12)30-17-7-4-14(10-16(17)23(25)26)18(24)21-9-8-13-2-5-15(6-3-13)31(20,27)28/h2-7,10-11H,8-9H2,1H3,(H,21,24)(H2,20,27,28). The van der Waals surface area contributed by atoms with Crippen LogP contribution in [0.1, 0.15) is 21.6 Å². The van der Waals surface area contributed by atoms with Gasteiger partial charge >= 0.3 is 0 Å². The van der Waals surface area contributed by atoms with Crippen LogP contribution in [0, 0.1) is 17.0 Å². The number of thiazole rings is 1. The van der Waals surface area contributed by atoms with Crippen LogP contribution in [0.25, 0.3) is 0 Å². The molecular weight excluding hydrogens is 460 g/mol. The number of primary sulfonamides is 1. The molecule has 0 bridgehead atoms. The normalized spacial score (nSPS) is 11.3. The molecule has 0 aliphatic rings. The first-order valence-electron chi connectivity index (χ1n) is 8.92. The molecule has 3 N–H and O–H groups in total. The van der Waals surface area contributed by atoms with E-state index in [1.807, 2.05) is 12.3 Å². The fraction of sp³-hybridized carbons (Fsp3) is 0.158. The number of hydrogen-bond acceptors (Lipinski definition) is 8. The molecule has 1 heterocycles. The van der Waals surface area contributed by atoms with Crippen molar-refractivity contribution in [2.24, 2.45) is 5.14 Å². The summed E-state index contributed by atoms with van der Waals surface area (Å²) in [6.45, 7) is 2.12. The summed E-state index contributed by atoms with van der Waals surface area (Å²) in [6, 6.07) is 10.4. The summed E-state index contributed by atoms with van der Waals surface area (Å²) in [7, 11) is -3.75. The molecule has 1 aromatic heterocycles. The van der Waals surface area contributed by atoms with Crippen LogP contribution in [-0.2, 0) is 16.4 Å². The molecule has 12 heteroatoms. The lowest BCUT2D eigenvalue weighted by Gasteiger charge is -2.07. The highest BCUT2D eigenvalue weighted by Crippen LogP contribution is 2.36. The van der Waals surface area contributed by atoms with Crippen LogP contribution in [0.2, 0.25) is 0 Å². The lowest BCUT2D eigenvalue weighted by Crippen LogP contribution is -2.25. The summed E-state index contributed by atoms with van der Waals surface area (Å²) in [5, 5.41) is 21.1. The third kappa shape index (κ3) is 6.10. The number of nitrogens with one attached hydrogen (secondary N) is 1. The maximum atomic E-state index is 12.4. The molecule has 0 spiro atoms. The second kappa shape index (κ2) is 9.56. The highest BCUT2D eigenvalue weighted by molar-refractivity contribution is 8.01. The zero-order chi connectivity index (χ0) is 22.6. The Morgan fingerprint density at radius 2 is 1.97 bits per heavy atom. The van der Waals surface area contributed by atoms with E-state index in [1.165, 1.54) is 47.4 Å². The molecule has 0 atom stereocenters. The van der Waals surface area contributed by atoms with Gasteiger partial charge in [-0.15, -0.1) is 11.3 Å². The van der Waals surface area contributed by atoms with Crippen molar-refractivity contribution in [2.75, 3.05) is 6.54 Å². The predicted molar refractivity (Wildman–Crippen MR) is 118 cm³/mol. The fourth-order valence-electron chi connectivity index (χ4n) is 2.63. The monoisotopic (exact) mass is 478 g/mol. The Morgan fingerprint density at radius 1 is 1.26 bits per heavy atom. The van der Waals surface area contributed by atoms with Crippen molar-refractivity contribution in [3.8, 4) is 0 Å². The number of carbonyl (C=O) groups excluding carboxylic acids is 1. The number of benzene rings is 2. The molecule has 9 nitrogen and oxygen atoms in total. The van der Waals surface area contributed by atoms with Crippen molar-refractivity contribution < 1.29 is 18.1 Å². The van der Waals surface area contributed by atoms with Gasteiger partial charge in [0.1, 0.15) is 0 Å². The van der Waals surface area contributed by atoms with Crippen LogP contribution in [0.4, 0.5) is 5.69 Å². The minimum atomic E-state index is -3.75. The number of nitro benzene ring substituents is 1. The van der Waals surface area contributed by atoms with Crippen LogP contribution in [0.15, 0.2) is 62.0 Å². The molecule has 31 heavy (non-hydrogen) atoms. The van der Waals surface area contributed by atoms with E-state index in [4.69, 9.17) is 5.14 Å². The smallest absolute Gasteiger partial charge is 0.284 e. The molecule has 3 rings (SSSR count). The Labute approximate surface area is 186 Å². The highest BCUT2D eigenvalue weighted by Gasteiger charge is 2.19. The quantitative estimate of drug-likeness (QED) is 0.374. The molecule has 0 unspecified atom stereocenters. The zero-order valence-corrected chi connectivity index (χ0v) is 18.7. The number of sulfonamides is 1. The largest absolute Gasteiger partial charge is 0.352 e. The van der Waals surface area contributed by atoms with Crippen molar-refractivity contribution in [1.82, 2.24) is 10.3 Å². The van der Waals surface area contributed by atoms with Crippen LogP contribution in [-0.4, -0.2) is 30.8 Å². The number of rotatable bonds is 8. The van der Waals surface area contributed by atoms with E-state index in [1.54, 1.807) is 18.2 Å². The molecular formula is C19H18N4O5S3. The number of nitro groups is 1. The zero-order valence-electron chi connectivity index (χ0n) is 16.3. The van der Waals surface area contributed by atoms with Crippen molar-refractivity contribution in [3.63, 3.8) is 0 Å². The summed E-state index contributed by atoms with van der Waals surface area (Å²) in [4.78, 5) is 28.1. The average Bonchev–Trinajstić information content (AvgIpc) is 3.12. The van der Waals surface area contributed by atoms with E-state index in [9.17, 15) is 23.3 Å². The molecule has 1 amide bonds. The van der Waals surface area contributed by atoms with Crippen LogP contribution in [0.3, 0.4) is 0 Å². The van der Waals surface area contributed by atoms with Gasteiger partial charge in [-0.25, -0.2) is 18.5 Å². The molecule has 162 valence electrons. The summed E-state index contributed by atoms with van der Waals surface area (Å²) in [5.74, 6) is -0.439. The van der Waals surface area contributed by atoms with Crippen molar-refractivity contribution in [3.05, 3.63) is 74.8 Å². The summed E-state index contributed by atoms with van der Waals surface area (Å²) in [5.41, 5.74) is 1.66. The van der Waals surface area contributed by atoms with Crippen LogP contribution < -0.4 is 10.5 Å². The van der Waals surface area contributed by atoms with E-state index < -0.39 is 20.9 Å².